The zero-order chi connectivity index (χ0) is 39.2. The summed E-state index contributed by atoms with van der Waals surface area (Å²) in [5, 5.41) is 38.9. The Balaban J connectivity index is 1.89. The van der Waals surface area contributed by atoms with Crippen molar-refractivity contribution in [3.63, 3.8) is 0 Å². The van der Waals surface area contributed by atoms with Gasteiger partial charge in [0.15, 0.2) is 0 Å². The maximum absolute atomic E-state index is 13.9. The van der Waals surface area contributed by atoms with Crippen LogP contribution in [0.25, 0.3) is 0 Å². The molecule has 1 saturated heterocycles. The second-order valence-electron chi connectivity index (χ2n) is 13.1. The molecule has 6 amide bonds. The average molecular weight is 740 g/mol. The van der Waals surface area contributed by atoms with E-state index in [1.807, 2.05) is 6.92 Å². The van der Waals surface area contributed by atoms with Gasteiger partial charge < -0.3 is 53.0 Å². The summed E-state index contributed by atoms with van der Waals surface area (Å²) in [6.07, 6.45) is 0.0630. The fourth-order valence-electron chi connectivity index (χ4n) is 5.91. The number of aliphatic hydroxyl groups is 1. The highest BCUT2D eigenvalue weighted by Crippen LogP contribution is 2.19. The number of aliphatic hydroxyl groups excluding tert-OH is 1. The van der Waals surface area contributed by atoms with Crippen molar-refractivity contribution in [3.8, 4) is 5.75 Å². The number of nitrogens with one attached hydrogen (secondary N) is 4. The standard InChI is InChI=1S/C36H49N7O10/c1-3-20(2)30(31(38)48)42-34(51)26(16-21-8-5-4-6-9-21)39-33(50)27(18-29(46)47)40-32(49)25(17-22-11-13-23(45)14-12-22)41-35(52)28-10-7-15-43(28)36(53)24(37)19-44/h4-6,8-9,11-14,20,24-28,30,44-45H,3,7,10,15-19,37H2,1-2H3,(H2,38,48)(H,39,50)(H,40,49)(H,41,52)(H,42,51)(H,46,47)/t20-,24-,25-,26-,27-,28-,30-/m0/s1. The van der Waals surface area contributed by atoms with Gasteiger partial charge in [0, 0.05) is 19.4 Å². The highest BCUT2D eigenvalue weighted by molar-refractivity contribution is 5.98. The maximum Gasteiger partial charge on any atom is 0.305 e. The fourth-order valence-corrected chi connectivity index (χ4v) is 5.91. The smallest absolute Gasteiger partial charge is 0.305 e. The van der Waals surface area contributed by atoms with E-state index < -0.39 is 90.7 Å². The number of likely N-dealkylation sites (tertiary alicyclic amines) is 1. The molecule has 0 aliphatic carbocycles. The summed E-state index contributed by atoms with van der Waals surface area (Å²) >= 11 is 0. The number of nitrogens with zero attached hydrogens (tertiary/aromatic N) is 1. The predicted molar refractivity (Wildman–Crippen MR) is 190 cm³/mol. The van der Waals surface area contributed by atoms with E-state index in [0.717, 1.165) is 0 Å². The number of carbonyl (C=O) groups is 7. The molecule has 2 aromatic rings. The van der Waals surface area contributed by atoms with E-state index >= 15 is 0 Å². The van der Waals surface area contributed by atoms with Crippen LogP contribution in [-0.4, -0.2) is 111 Å². The molecule has 288 valence electrons. The number of carbonyl (C=O) groups excluding carboxylic acids is 6. The predicted octanol–water partition coefficient (Wildman–Crippen LogP) is -1.57. The number of aliphatic carboxylic acids is 1. The third-order valence-corrected chi connectivity index (χ3v) is 9.11. The lowest BCUT2D eigenvalue weighted by Crippen LogP contribution is -2.60. The first-order chi connectivity index (χ1) is 25.1. The molecular weight excluding hydrogens is 690 g/mol. The lowest BCUT2D eigenvalue weighted by Gasteiger charge is -2.29. The van der Waals surface area contributed by atoms with Gasteiger partial charge in [0.1, 0.15) is 42.0 Å². The number of phenols is 1. The molecule has 1 heterocycles. The van der Waals surface area contributed by atoms with Gasteiger partial charge in [0.2, 0.25) is 35.4 Å². The van der Waals surface area contributed by atoms with Crippen LogP contribution in [0, 0.1) is 5.92 Å². The number of hydrogen-bond acceptors (Lipinski definition) is 10. The molecule has 11 N–H and O–H groups in total. The molecule has 0 radical (unpaired) electrons. The minimum atomic E-state index is -1.74. The summed E-state index contributed by atoms with van der Waals surface area (Å²) in [6, 6.07) is 6.52. The summed E-state index contributed by atoms with van der Waals surface area (Å²) in [5.41, 5.74) is 12.4. The second-order valence-corrected chi connectivity index (χ2v) is 13.1. The molecule has 0 saturated carbocycles. The van der Waals surface area contributed by atoms with Crippen LogP contribution >= 0.6 is 0 Å². The van der Waals surface area contributed by atoms with E-state index in [1.54, 1.807) is 37.3 Å². The molecule has 3 rings (SSSR count). The van der Waals surface area contributed by atoms with Crippen LogP contribution in [0.4, 0.5) is 0 Å². The fraction of sp³-hybridized carbons (Fsp3) is 0.472. The van der Waals surface area contributed by atoms with Crippen LogP contribution in [-0.2, 0) is 46.4 Å². The van der Waals surface area contributed by atoms with Crippen molar-refractivity contribution in [1.29, 1.82) is 0 Å². The molecule has 2 aromatic carbocycles. The molecule has 53 heavy (non-hydrogen) atoms. The Kier molecular flexibility index (Phi) is 15.7. The van der Waals surface area contributed by atoms with Crippen molar-refractivity contribution < 1.29 is 48.9 Å². The second kappa shape index (κ2) is 19.9. The van der Waals surface area contributed by atoms with Crippen molar-refractivity contribution in [2.75, 3.05) is 13.2 Å². The topological polar surface area (TPSA) is 284 Å². The van der Waals surface area contributed by atoms with Gasteiger partial charge in [-0.05, 0) is 42.0 Å². The Hall–Kier alpha value is -5.55. The van der Waals surface area contributed by atoms with Gasteiger partial charge >= 0.3 is 5.97 Å². The van der Waals surface area contributed by atoms with Crippen LogP contribution < -0.4 is 32.7 Å². The molecule has 1 aliphatic heterocycles. The monoisotopic (exact) mass is 739 g/mol. The Labute approximate surface area is 306 Å². The zero-order valence-corrected chi connectivity index (χ0v) is 29.7. The number of phenolic OH excluding ortho intramolecular Hbond substituents is 1. The van der Waals surface area contributed by atoms with Gasteiger partial charge in [0.25, 0.3) is 0 Å². The van der Waals surface area contributed by atoms with Crippen molar-refractivity contribution in [1.82, 2.24) is 26.2 Å². The van der Waals surface area contributed by atoms with Crippen LogP contribution in [0.3, 0.4) is 0 Å². The first kappa shape index (κ1) is 41.9. The summed E-state index contributed by atoms with van der Waals surface area (Å²) in [5.74, 6) is -6.76. The van der Waals surface area contributed by atoms with Crippen LogP contribution in [0.5, 0.6) is 5.75 Å². The quantitative estimate of drug-likeness (QED) is 0.0794. The normalized spacial score (nSPS) is 17.3. The van der Waals surface area contributed by atoms with Gasteiger partial charge in [-0.2, -0.15) is 0 Å². The molecule has 0 bridgehead atoms. The molecule has 0 spiro atoms. The van der Waals surface area contributed by atoms with Crippen molar-refractivity contribution in [2.45, 2.75) is 88.6 Å². The molecular formula is C36H49N7O10. The first-order valence-electron chi connectivity index (χ1n) is 17.4. The zero-order valence-electron chi connectivity index (χ0n) is 29.7. The number of rotatable bonds is 19. The third-order valence-electron chi connectivity index (χ3n) is 9.11. The number of benzene rings is 2. The van der Waals surface area contributed by atoms with Gasteiger partial charge in [-0.15, -0.1) is 0 Å². The maximum atomic E-state index is 13.9. The SMILES string of the molecule is CC[C@H](C)[C@H](NC(=O)[C@H](Cc1ccccc1)NC(=O)[C@H](CC(=O)O)NC(=O)[C@H](Cc1ccc(O)cc1)NC(=O)[C@@H]1CCCN1C(=O)[C@@H](N)CO)C(N)=O. The minimum absolute atomic E-state index is 0.0577. The first-order valence-corrected chi connectivity index (χ1v) is 17.4. The van der Waals surface area contributed by atoms with E-state index in [4.69, 9.17) is 11.5 Å². The average Bonchev–Trinajstić information content (AvgIpc) is 3.63. The minimum Gasteiger partial charge on any atom is -0.508 e. The summed E-state index contributed by atoms with van der Waals surface area (Å²) in [6.45, 7) is 3.08. The molecule has 0 unspecified atom stereocenters. The highest BCUT2D eigenvalue weighted by atomic mass is 16.4. The van der Waals surface area contributed by atoms with Crippen LogP contribution in [0.2, 0.25) is 0 Å². The molecule has 1 fully saturated rings. The van der Waals surface area contributed by atoms with E-state index in [2.05, 4.69) is 21.3 Å². The number of primary amides is 1. The van der Waals surface area contributed by atoms with E-state index in [0.29, 0.717) is 24.0 Å². The van der Waals surface area contributed by atoms with Crippen molar-refractivity contribution in [3.05, 3.63) is 65.7 Å². The van der Waals surface area contributed by atoms with Crippen LogP contribution in [0.15, 0.2) is 54.6 Å². The van der Waals surface area contributed by atoms with Gasteiger partial charge in [-0.25, -0.2) is 0 Å². The summed E-state index contributed by atoms with van der Waals surface area (Å²) in [4.78, 5) is 92.8. The summed E-state index contributed by atoms with van der Waals surface area (Å²) in [7, 11) is 0. The Morgan fingerprint density at radius 2 is 1.38 bits per heavy atom. The lowest BCUT2D eigenvalue weighted by atomic mass is 9.97. The Morgan fingerprint density at radius 3 is 1.94 bits per heavy atom. The molecule has 17 heteroatoms. The largest absolute Gasteiger partial charge is 0.508 e. The number of carboxylic acids is 1. The van der Waals surface area contributed by atoms with Gasteiger partial charge in [-0.1, -0.05) is 62.7 Å². The van der Waals surface area contributed by atoms with Crippen LogP contribution in [0.1, 0.15) is 50.7 Å². The molecule has 7 atom stereocenters. The number of carboxylic acid groups (broad SMARTS) is 1. The Morgan fingerprint density at radius 1 is 0.830 bits per heavy atom. The van der Waals surface area contributed by atoms with Gasteiger partial charge in [-0.3, -0.25) is 33.6 Å². The van der Waals surface area contributed by atoms with Crippen molar-refractivity contribution in [2.24, 2.45) is 17.4 Å². The number of amides is 6. The molecule has 1 aliphatic rings. The van der Waals surface area contributed by atoms with E-state index in [1.165, 1.54) is 29.2 Å². The van der Waals surface area contributed by atoms with E-state index in [-0.39, 0.29) is 37.5 Å². The Bertz CT molecular complexity index is 1610. The molecule has 0 aromatic heterocycles. The van der Waals surface area contributed by atoms with Gasteiger partial charge in [0.05, 0.1) is 13.0 Å². The molecule has 17 nitrogen and oxygen atoms in total. The number of nitrogens with two attached hydrogens (primary N) is 2. The summed E-state index contributed by atoms with van der Waals surface area (Å²) < 4.78 is 0. The third kappa shape index (κ3) is 12.3. The number of hydrogen-bond donors (Lipinski definition) is 9. The lowest BCUT2D eigenvalue weighted by molar-refractivity contribution is -0.142. The number of aromatic hydroxyl groups is 1. The van der Waals surface area contributed by atoms with E-state index in [9.17, 15) is 48.9 Å². The highest BCUT2D eigenvalue weighted by Gasteiger charge is 2.38. The van der Waals surface area contributed by atoms with Crippen molar-refractivity contribution >= 4 is 41.4 Å².